The molecule has 0 spiro atoms. The Labute approximate surface area is 93.3 Å². The van der Waals surface area contributed by atoms with E-state index in [1.54, 1.807) is 0 Å². The summed E-state index contributed by atoms with van der Waals surface area (Å²) < 4.78 is 2.47. The van der Waals surface area contributed by atoms with E-state index >= 15 is 0 Å². The number of H-pyrrole nitrogens is 1. The van der Waals surface area contributed by atoms with Gasteiger partial charge in [0.1, 0.15) is 5.82 Å². The van der Waals surface area contributed by atoms with Crippen LogP contribution in [0.5, 0.6) is 0 Å². The summed E-state index contributed by atoms with van der Waals surface area (Å²) in [6, 6.07) is 0. The van der Waals surface area contributed by atoms with Gasteiger partial charge in [0, 0.05) is 13.5 Å². The highest BCUT2D eigenvalue weighted by molar-refractivity contribution is 7.99. The van der Waals surface area contributed by atoms with E-state index in [0.29, 0.717) is 4.77 Å². The monoisotopic (exact) mass is 229 g/mol. The summed E-state index contributed by atoms with van der Waals surface area (Å²) in [5.41, 5.74) is 0. The molecule has 78 valence electrons. The molecule has 2 heterocycles. The van der Waals surface area contributed by atoms with Crippen molar-refractivity contribution in [2.24, 2.45) is 13.0 Å². The summed E-state index contributed by atoms with van der Waals surface area (Å²) in [7, 11) is 1.91. The Balaban J connectivity index is 1.99. The highest BCUT2D eigenvalue weighted by atomic mass is 32.2. The average molecular weight is 229 g/mol. The van der Waals surface area contributed by atoms with E-state index < -0.39 is 0 Å². The molecule has 14 heavy (non-hydrogen) atoms. The molecule has 1 aliphatic heterocycles. The molecule has 1 fully saturated rings. The molecule has 5 heteroatoms. The Bertz CT molecular complexity index is 349. The topological polar surface area (TPSA) is 33.6 Å². The van der Waals surface area contributed by atoms with Gasteiger partial charge in [-0.1, -0.05) is 0 Å². The van der Waals surface area contributed by atoms with Crippen LogP contribution in [0, 0.1) is 10.7 Å². The van der Waals surface area contributed by atoms with Gasteiger partial charge in [0.25, 0.3) is 0 Å². The van der Waals surface area contributed by atoms with Crippen molar-refractivity contribution in [3.63, 3.8) is 0 Å². The van der Waals surface area contributed by atoms with E-state index in [-0.39, 0.29) is 0 Å². The maximum absolute atomic E-state index is 5.06. The predicted molar refractivity (Wildman–Crippen MR) is 62.1 cm³/mol. The minimum Gasteiger partial charge on any atom is -0.283 e. The second-order valence-electron chi connectivity index (χ2n) is 3.77. The molecule has 1 aromatic heterocycles. The van der Waals surface area contributed by atoms with E-state index in [0.717, 1.165) is 18.2 Å². The van der Waals surface area contributed by atoms with Crippen molar-refractivity contribution in [2.45, 2.75) is 19.3 Å². The number of hydrogen-bond donors (Lipinski definition) is 1. The molecule has 0 radical (unpaired) electrons. The third-order valence-corrected chi connectivity index (χ3v) is 4.05. The first-order chi connectivity index (χ1) is 6.75. The number of aryl methyl sites for hydroxylation is 1. The first-order valence-electron chi connectivity index (χ1n) is 4.95. The third-order valence-electron chi connectivity index (χ3n) is 2.64. The lowest BCUT2D eigenvalue weighted by Crippen LogP contribution is -2.13. The number of nitrogens with zero attached hydrogens (tertiary/aromatic N) is 2. The number of hydrogen-bond acceptors (Lipinski definition) is 3. The first kappa shape index (κ1) is 10.2. The Morgan fingerprint density at radius 3 is 2.86 bits per heavy atom. The second kappa shape index (κ2) is 4.49. The molecule has 0 aromatic carbocycles. The van der Waals surface area contributed by atoms with Gasteiger partial charge in [-0.15, -0.1) is 0 Å². The number of aromatic amines is 1. The van der Waals surface area contributed by atoms with Gasteiger partial charge in [-0.05, 0) is 42.5 Å². The van der Waals surface area contributed by atoms with E-state index in [1.165, 1.54) is 24.3 Å². The van der Waals surface area contributed by atoms with Crippen LogP contribution in [0.25, 0.3) is 0 Å². The highest BCUT2D eigenvalue weighted by Gasteiger charge is 2.15. The Hall–Kier alpha value is -0.290. The molecule has 0 saturated carbocycles. The molecule has 1 saturated heterocycles. The normalized spacial score (nSPS) is 18.6. The van der Waals surface area contributed by atoms with Gasteiger partial charge >= 0.3 is 0 Å². The largest absolute Gasteiger partial charge is 0.283 e. The van der Waals surface area contributed by atoms with Crippen molar-refractivity contribution in [1.82, 2.24) is 14.8 Å². The van der Waals surface area contributed by atoms with Crippen LogP contribution in [0.1, 0.15) is 18.7 Å². The van der Waals surface area contributed by atoms with E-state index in [1.807, 2.05) is 11.7 Å². The third kappa shape index (κ3) is 2.39. The van der Waals surface area contributed by atoms with E-state index in [4.69, 9.17) is 12.2 Å². The SMILES string of the molecule is Cn1[nH]c(CC2CCSCC2)nc1=S. The molecule has 0 unspecified atom stereocenters. The molecule has 0 atom stereocenters. The van der Waals surface area contributed by atoms with Crippen LogP contribution in [0.3, 0.4) is 0 Å². The maximum atomic E-state index is 5.06. The fourth-order valence-corrected chi connectivity index (χ4v) is 3.13. The second-order valence-corrected chi connectivity index (χ2v) is 5.36. The molecule has 0 amide bonds. The average Bonchev–Trinajstić information content (AvgIpc) is 2.47. The number of thioether (sulfide) groups is 1. The van der Waals surface area contributed by atoms with Gasteiger partial charge in [-0.3, -0.25) is 9.78 Å². The van der Waals surface area contributed by atoms with Crippen molar-refractivity contribution >= 4 is 24.0 Å². The number of nitrogens with one attached hydrogen (secondary N) is 1. The smallest absolute Gasteiger partial charge is 0.215 e. The molecular weight excluding hydrogens is 214 g/mol. The van der Waals surface area contributed by atoms with Gasteiger partial charge in [0.2, 0.25) is 4.77 Å². The maximum Gasteiger partial charge on any atom is 0.215 e. The van der Waals surface area contributed by atoms with Crippen LogP contribution in [0.2, 0.25) is 0 Å². The molecule has 0 aliphatic carbocycles. The Morgan fingerprint density at radius 2 is 2.29 bits per heavy atom. The van der Waals surface area contributed by atoms with Crippen LogP contribution in [-0.2, 0) is 13.5 Å². The summed E-state index contributed by atoms with van der Waals surface area (Å²) >= 11 is 7.12. The van der Waals surface area contributed by atoms with Gasteiger partial charge < -0.3 is 0 Å². The van der Waals surface area contributed by atoms with Crippen LogP contribution in [0.15, 0.2) is 0 Å². The summed E-state index contributed by atoms with van der Waals surface area (Å²) in [5.74, 6) is 4.46. The van der Waals surface area contributed by atoms with Crippen LogP contribution >= 0.6 is 24.0 Å². The van der Waals surface area contributed by atoms with E-state index in [9.17, 15) is 0 Å². The number of rotatable bonds is 2. The zero-order chi connectivity index (χ0) is 9.97. The van der Waals surface area contributed by atoms with Crippen molar-refractivity contribution in [2.75, 3.05) is 11.5 Å². The Kier molecular flexibility index (Phi) is 3.28. The zero-order valence-electron chi connectivity index (χ0n) is 8.32. The molecule has 1 N–H and O–H groups in total. The zero-order valence-corrected chi connectivity index (χ0v) is 9.96. The lowest BCUT2D eigenvalue weighted by molar-refractivity contribution is 0.475. The minimum absolute atomic E-state index is 0.658. The van der Waals surface area contributed by atoms with Crippen molar-refractivity contribution in [3.8, 4) is 0 Å². The summed E-state index contributed by atoms with van der Waals surface area (Å²) in [5, 5.41) is 3.19. The molecule has 0 bridgehead atoms. The van der Waals surface area contributed by atoms with E-state index in [2.05, 4.69) is 21.8 Å². The van der Waals surface area contributed by atoms with Crippen molar-refractivity contribution < 1.29 is 0 Å². The molecule has 1 aliphatic rings. The van der Waals surface area contributed by atoms with Crippen LogP contribution < -0.4 is 0 Å². The number of aromatic nitrogens is 3. The fraction of sp³-hybridized carbons (Fsp3) is 0.778. The standard InChI is InChI=1S/C9H15N3S2/c1-12-9(13)10-8(11-12)6-7-2-4-14-5-3-7/h7H,2-6H2,1H3,(H,10,11,13). The van der Waals surface area contributed by atoms with Gasteiger partial charge in [-0.25, -0.2) is 4.98 Å². The van der Waals surface area contributed by atoms with Gasteiger partial charge in [-0.2, -0.15) is 11.8 Å². The highest BCUT2D eigenvalue weighted by Crippen LogP contribution is 2.24. The Morgan fingerprint density at radius 1 is 1.57 bits per heavy atom. The summed E-state index contributed by atoms with van der Waals surface area (Å²) in [6.45, 7) is 0. The molecule has 1 aromatic rings. The summed E-state index contributed by atoms with van der Waals surface area (Å²) in [4.78, 5) is 4.32. The minimum atomic E-state index is 0.658. The van der Waals surface area contributed by atoms with Gasteiger partial charge in [0.15, 0.2) is 0 Å². The summed E-state index contributed by atoms with van der Waals surface area (Å²) in [6.07, 6.45) is 3.70. The lowest BCUT2D eigenvalue weighted by atomic mass is 9.99. The predicted octanol–water partition coefficient (Wildman–Crippen LogP) is 2.16. The van der Waals surface area contributed by atoms with Gasteiger partial charge in [0.05, 0.1) is 0 Å². The van der Waals surface area contributed by atoms with Crippen molar-refractivity contribution in [1.29, 1.82) is 0 Å². The van der Waals surface area contributed by atoms with Crippen LogP contribution in [0.4, 0.5) is 0 Å². The van der Waals surface area contributed by atoms with Crippen LogP contribution in [-0.4, -0.2) is 26.3 Å². The molecule has 3 nitrogen and oxygen atoms in total. The molecule has 2 rings (SSSR count). The first-order valence-corrected chi connectivity index (χ1v) is 6.51. The molecular formula is C9H15N3S2. The lowest BCUT2D eigenvalue weighted by Gasteiger charge is -2.19. The quantitative estimate of drug-likeness (QED) is 0.789. The fourth-order valence-electron chi connectivity index (χ4n) is 1.77. The van der Waals surface area contributed by atoms with Crippen molar-refractivity contribution in [3.05, 3.63) is 10.6 Å².